The molecule has 0 radical (unpaired) electrons. The molecule has 124 valence electrons. The molecule has 0 unspecified atom stereocenters. The van der Waals surface area contributed by atoms with Crippen molar-refractivity contribution < 1.29 is 4.39 Å². The number of aromatic nitrogens is 2. The number of nitriles is 1. The predicted molar refractivity (Wildman–Crippen MR) is 99.2 cm³/mol. The molecule has 1 aliphatic heterocycles. The minimum absolute atomic E-state index is 0.209. The van der Waals surface area contributed by atoms with Crippen molar-refractivity contribution in [1.82, 2.24) is 9.97 Å². The maximum Gasteiger partial charge on any atom is 0.167 e. The molecule has 0 N–H and O–H groups in total. The van der Waals surface area contributed by atoms with Gasteiger partial charge in [-0.25, -0.2) is 14.4 Å². The summed E-state index contributed by atoms with van der Waals surface area (Å²) >= 11 is 1.88. The standard InChI is InChI=1S/C19H15FN4S/c20-14-10-15-16(11-18(14)24-6-8-25-9-7-24)23-19(17(12-21)22-15)13-4-2-1-3-5-13/h1-5,10-11H,6-9H2. The SMILES string of the molecule is N#Cc1nc2cc(F)c(N3CCSCC3)cc2nc1-c1ccccc1. The van der Waals surface area contributed by atoms with Crippen LogP contribution >= 0.6 is 11.8 Å². The monoisotopic (exact) mass is 350 g/mol. The Labute approximate surface area is 149 Å². The zero-order valence-electron chi connectivity index (χ0n) is 13.4. The van der Waals surface area contributed by atoms with E-state index >= 15 is 0 Å². The molecule has 0 atom stereocenters. The van der Waals surface area contributed by atoms with E-state index in [1.165, 1.54) is 6.07 Å². The first-order chi connectivity index (χ1) is 12.3. The number of anilines is 1. The minimum atomic E-state index is -0.315. The fourth-order valence-electron chi connectivity index (χ4n) is 2.99. The molecule has 1 saturated heterocycles. The Morgan fingerprint density at radius 3 is 2.48 bits per heavy atom. The first kappa shape index (κ1) is 15.9. The Hall–Kier alpha value is -2.65. The van der Waals surface area contributed by atoms with Gasteiger partial charge in [0.1, 0.15) is 17.6 Å². The molecular formula is C19H15FN4S. The zero-order chi connectivity index (χ0) is 17.2. The van der Waals surface area contributed by atoms with Crippen LogP contribution in [0.5, 0.6) is 0 Å². The highest BCUT2D eigenvalue weighted by molar-refractivity contribution is 7.99. The van der Waals surface area contributed by atoms with Gasteiger partial charge in [-0.1, -0.05) is 30.3 Å². The lowest BCUT2D eigenvalue weighted by atomic mass is 10.1. The van der Waals surface area contributed by atoms with Crippen molar-refractivity contribution in [2.24, 2.45) is 0 Å². The van der Waals surface area contributed by atoms with E-state index in [0.717, 1.165) is 30.2 Å². The van der Waals surface area contributed by atoms with Gasteiger partial charge in [-0.2, -0.15) is 17.0 Å². The van der Waals surface area contributed by atoms with Crippen LogP contribution in [0.3, 0.4) is 0 Å². The molecule has 2 aromatic carbocycles. The lowest BCUT2D eigenvalue weighted by Gasteiger charge is -2.28. The average Bonchev–Trinajstić information content (AvgIpc) is 2.68. The van der Waals surface area contributed by atoms with Gasteiger partial charge >= 0.3 is 0 Å². The van der Waals surface area contributed by atoms with Crippen molar-refractivity contribution in [3.05, 3.63) is 54.0 Å². The Kier molecular flexibility index (Phi) is 4.24. The third-order valence-electron chi connectivity index (χ3n) is 4.24. The van der Waals surface area contributed by atoms with Crippen molar-refractivity contribution in [3.63, 3.8) is 0 Å². The zero-order valence-corrected chi connectivity index (χ0v) is 14.3. The van der Waals surface area contributed by atoms with Gasteiger partial charge in [-0.3, -0.25) is 0 Å². The highest BCUT2D eigenvalue weighted by atomic mass is 32.2. The van der Waals surface area contributed by atoms with E-state index in [9.17, 15) is 9.65 Å². The summed E-state index contributed by atoms with van der Waals surface area (Å²) in [5, 5.41) is 9.41. The summed E-state index contributed by atoms with van der Waals surface area (Å²) in [6.45, 7) is 1.64. The molecular weight excluding hydrogens is 335 g/mol. The molecule has 1 aliphatic rings. The summed E-state index contributed by atoms with van der Waals surface area (Å²) in [5.41, 5.74) is 3.14. The van der Waals surface area contributed by atoms with Crippen LogP contribution in [0.2, 0.25) is 0 Å². The van der Waals surface area contributed by atoms with E-state index < -0.39 is 0 Å². The Morgan fingerprint density at radius 2 is 1.76 bits per heavy atom. The van der Waals surface area contributed by atoms with Crippen molar-refractivity contribution in [3.8, 4) is 17.3 Å². The normalized spacial score (nSPS) is 14.5. The quantitative estimate of drug-likeness (QED) is 0.702. The summed E-state index contributed by atoms with van der Waals surface area (Å²) in [6.07, 6.45) is 0. The van der Waals surface area contributed by atoms with E-state index in [2.05, 4.69) is 16.0 Å². The molecule has 1 aromatic heterocycles. The molecule has 0 amide bonds. The largest absolute Gasteiger partial charge is 0.367 e. The van der Waals surface area contributed by atoms with Crippen LogP contribution in [-0.2, 0) is 0 Å². The number of hydrogen-bond donors (Lipinski definition) is 0. The fourth-order valence-corrected chi connectivity index (χ4v) is 3.89. The molecule has 0 saturated carbocycles. The molecule has 25 heavy (non-hydrogen) atoms. The van der Waals surface area contributed by atoms with Crippen LogP contribution in [0.25, 0.3) is 22.3 Å². The summed E-state index contributed by atoms with van der Waals surface area (Å²) in [4.78, 5) is 11.0. The van der Waals surface area contributed by atoms with E-state index in [0.29, 0.717) is 22.4 Å². The number of nitrogens with zero attached hydrogens (tertiary/aromatic N) is 4. The van der Waals surface area contributed by atoms with Crippen molar-refractivity contribution >= 4 is 28.5 Å². The molecule has 3 aromatic rings. The van der Waals surface area contributed by atoms with Gasteiger partial charge in [-0.15, -0.1) is 0 Å². The topological polar surface area (TPSA) is 52.8 Å². The van der Waals surface area contributed by atoms with Crippen LogP contribution in [-0.4, -0.2) is 34.6 Å². The molecule has 6 heteroatoms. The average molecular weight is 350 g/mol. The molecule has 0 spiro atoms. The maximum atomic E-state index is 14.6. The Morgan fingerprint density at radius 1 is 1.04 bits per heavy atom. The third kappa shape index (κ3) is 3.03. The first-order valence-corrected chi connectivity index (χ1v) is 9.21. The second-order valence-electron chi connectivity index (χ2n) is 5.79. The van der Waals surface area contributed by atoms with Gasteiger partial charge < -0.3 is 4.90 Å². The van der Waals surface area contributed by atoms with Gasteiger partial charge in [0, 0.05) is 36.2 Å². The van der Waals surface area contributed by atoms with Crippen LogP contribution in [0.1, 0.15) is 5.69 Å². The molecule has 4 nitrogen and oxygen atoms in total. The lowest BCUT2D eigenvalue weighted by Crippen LogP contribution is -2.33. The van der Waals surface area contributed by atoms with E-state index in [4.69, 9.17) is 0 Å². The number of rotatable bonds is 2. The van der Waals surface area contributed by atoms with Crippen molar-refractivity contribution in [1.29, 1.82) is 5.26 Å². The van der Waals surface area contributed by atoms with Crippen LogP contribution in [0.15, 0.2) is 42.5 Å². The summed E-state index contributed by atoms with van der Waals surface area (Å²) in [5.74, 6) is 1.67. The molecule has 0 bridgehead atoms. The summed E-state index contributed by atoms with van der Waals surface area (Å²) < 4.78 is 14.6. The van der Waals surface area contributed by atoms with Gasteiger partial charge in [0.05, 0.1) is 16.7 Å². The fraction of sp³-hybridized carbons (Fsp3) is 0.211. The number of benzene rings is 2. The molecule has 2 heterocycles. The number of hydrogen-bond acceptors (Lipinski definition) is 5. The Balaban J connectivity index is 1.87. The molecule has 1 fully saturated rings. The van der Waals surface area contributed by atoms with Crippen molar-refractivity contribution in [2.75, 3.05) is 29.5 Å². The second kappa shape index (κ2) is 6.69. The highest BCUT2D eigenvalue weighted by Gasteiger charge is 2.18. The predicted octanol–water partition coefficient (Wildman–Crippen LogP) is 3.86. The molecule has 0 aliphatic carbocycles. The first-order valence-electron chi connectivity index (χ1n) is 8.06. The third-order valence-corrected chi connectivity index (χ3v) is 5.18. The van der Waals surface area contributed by atoms with Crippen LogP contribution in [0, 0.1) is 17.1 Å². The van der Waals surface area contributed by atoms with E-state index in [1.807, 2.05) is 47.0 Å². The van der Waals surface area contributed by atoms with Crippen molar-refractivity contribution in [2.45, 2.75) is 0 Å². The van der Waals surface area contributed by atoms with E-state index in [1.54, 1.807) is 6.07 Å². The Bertz CT molecular complexity index is 963. The maximum absolute atomic E-state index is 14.6. The smallest absolute Gasteiger partial charge is 0.167 e. The summed E-state index contributed by atoms with van der Waals surface area (Å²) in [6, 6.07) is 14.7. The van der Waals surface area contributed by atoms with Crippen LogP contribution in [0.4, 0.5) is 10.1 Å². The molecule has 4 rings (SSSR count). The number of thioether (sulfide) groups is 1. The van der Waals surface area contributed by atoms with E-state index in [-0.39, 0.29) is 11.5 Å². The van der Waals surface area contributed by atoms with Gasteiger partial charge in [0.25, 0.3) is 0 Å². The van der Waals surface area contributed by atoms with Crippen LogP contribution < -0.4 is 4.90 Å². The lowest BCUT2D eigenvalue weighted by molar-refractivity contribution is 0.621. The highest BCUT2D eigenvalue weighted by Crippen LogP contribution is 2.29. The van der Waals surface area contributed by atoms with Gasteiger partial charge in [0.15, 0.2) is 5.69 Å². The van der Waals surface area contributed by atoms with Gasteiger partial charge in [0.2, 0.25) is 0 Å². The minimum Gasteiger partial charge on any atom is -0.367 e. The second-order valence-corrected chi connectivity index (χ2v) is 7.02. The summed E-state index contributed by atoms with van der Waals surface area (Å²) in [7, 11) is 0. The van der Waals surface area contributed by atoms with Gasteiger partial charge in [-0.05, 0) is 6.07 Å². The number of fused-ring (bicyclic) bond motifs is 1. The number of halogens is 1.